The molecule has 6 heteroatoms. The summed E-state index contributed by atoms with van der Waals surface area (Å²) >= 11 is 6.65. The summed E-state index contributed by atoms with van der Waals surface area (Å²) in [6.45, 7) is 5.75. The predicted octanol–water partition coefficient (Wildman–Crippen LogP) is 4.97. The van der Waals surface area contributed by atoms with Gasteiger partial charge in [-0.15, -0.1) is 0 Å². The van der Waals surface area contributed by atoms with Gasteiger partial charge < -0.3 is 15.2 Å². The molecule has 4 atom stereocenters. The molecule has 3 aromatic carbocycles. The van der Waals surface area contributed by atoms with Crippen LogP contribution in [0.15, 0.2) is 36.4 Å². The molecule has 0 amide bonds. The lowest BCUT2D eigenvalue weighted by Gasteiger charge is -2.51. The van der Waals surface area contributed by atoms with Crippen molar-refractivity contribution in [1.29, 1.82) is 0 Å². The molecule has 1 saturated heterocycles. The van der Waals surface area contributed by atoms with Gasteiger partial charge in [-0.3, -0.25) is 9.59 Å². The van der Waals surface area contributed by atoms with E-state index in [0.29, 0.717) is 23.2 Å². The van der Waals surface area contributed by atoms with E-state index in [-0.39, 0.29) is 39.9 Å². The van der Waals surface area contributed by atoms with Crippen LogP contribution in [0, 0.1) is 6.92 Å². The number of carbonyl (C=O) groups is 2. The minimum absolute atomic E-state index is 0.217. The van der Waals surface area contributed by atoms with Crippen molar-refractivity contribution in [3.63, 3.8) is 0 Å². The number of carbonyl (C=O) groups excluding carboxylic acids is 2. The molecule has 2 bridgehead atoms. The van der Waals surface area contributed by atoms with Crippen molar-refractivity contribution in [2.75, 3.05) is 5.32 Å². The molecule has 2 aliphatic heterocycles. The third-order valence-corrected chi connectivity index (χ3v) is 7.55. The SMILES string of the molecule is Cc1ccc2c3c(ccc2c1)C(=O)c1c2c(cc(Cl)c1C3=O)[C@H]1C[C@@](C)(N2)[C@H](O)[C@@H](C)O1. The number of aryl methyl sites for hydroxylation is 1. The number of fused-ring (bicyclic) bond motifs is 9. The topological polar surface area (TPSA) is 75.6 Å². The second-order valence-corrected chi connectivity index (χ2v) is 9.87. The lowest BCUT2D eigenvalue weighted by molar-refractivity contribution is -0.142. The first-order valence-corrected chi connectivity index (χ1v) is 11.2. The minimum Gasteiger partial charge on any atom is -0.388 e. The van der Waals surface area contributed by atoms with Gasteiger partial charge in [0.25, 0.3) is 0 Å². The first-order chi connectivity index (χ1) is 15.2. The van der Waals surface area contributed by atoms with Gasteiger partial charge >= 0.3 is 0 Å². The maximum Gasteiger partial charge on any atom is 0.196 e. The lowest BCUT2D eigenvalue weighted by atomic mass is 9.73. The zero-order valence-electron chi connectivity index (χ0n) is 18.0. The number of rotatable bonds is 0. The number of aliphatic hydroxyl groups is 1. The zero-order valence-corrected chi connectivity index (χ0v) is 18.7. The molecule has 0 radical (unpaired) electrons. The summed E-state index contributed by atoms with van der Waals surface area (Å²) in [5, 5.41) is 16.1. The molecule has 1 fully saturated rings. The first-order valence-electron chi connectivity index (χ1n) is 10.8. The highest BCUT2D eigenvalue weighted by molar-refractivity contribution is 6.41. The molecule has 32 heavy (non-hydrogen) atoms. The third kappa shape index (κ3) is 2.47. The van der Waals surface area contributed by atoms with Crippen molar-refractivity contribution in [2.45, 2.75) is 51.0 Å². The molecule has 162 valence electrons. The Balaban J connectivity index is 1.62. The summed E-state index contributed by atoms with van der Waals surface area (Å²) in [7, 11) is 0. The molecule has 3 aromatic rings. The maximum atomic E-state index is 13.8. The van der Waals surface area contributed by atoms with Gasteiger partial charge in [-0.25, -0.2) is 0 Å². The third-order valence-electron chi connectivity index (χ3n) is 7.25. The number of ether oxygens (including phenoxy) is 1. The van der Waals surface area contributed by atoms with Gasteiger partial charge in [-0.1, -0.05) is 41.4 Å². The van der Waals surface area contributed by atoms with E-state index in [2.05, 4.69) is 5.32 Å². The van der Waals surface area contributed by atoms with Crippen LogP contribution in [-0.2, 0) is 4.74 Å². The van der Waals surface area contributed by atoms with E-state index in [1.807, 2.05) is 45.0 Å². The fraction of sp³-hybridized carbons (Fsp3) is 0.308. The van der Waals surface area contributed by atoms with Crippen LogP contribution in [0.25, 0.3) is 10.8 Å². The van der Waals surface area contributed by atoms with E-state index >= 15 is 0 Å². The molecular formula is C26H22ClNO4. The highest BCUT2D eigenvalue weighted by atomic mass is 35.5. The average molecular weight is 448 g/mol. The van der Waals surface area contributed by atoms with Crippen molar-refractivity contribution in [3.8, 4) is 0 Å². The highest BCUT2D eigenvalue weighted by Crippen LogP contribution is 2.51. The normalized spacial score (nSPS) is 28.1. The summed E-state index contributed by atoms with van der Waals surface area (Å²) in [6.07, 6.45) is -0.904. The Hall–Kier alpha value is -2.73. The van der Waals surface area contributed by atoms with Crippen molar-refractivity contribution >= 4 is 39.6 Å². The van der Waals surface area contributed by atoms with Crippen LogP contribution < -0.4 is 5.32 Å². The van der Waals surface area contributed by atoms with E-state index in [1.165, 1.54) is 0 Å². The predicted molar refractivity (Wildman–Crippen MR) is 123 cm³/mol. The average Bonchev–Trinajstić information content (AvgIpc) is 2.75. The Morgan fingerprint density at radius 3 is 2.66 bits per heavy atom. The minimum atomic E-state index is -0.757. The molecule has 3 aliphatic rings. The number of nitrogens with one attached hydrogen (secondary N) is 1. The summed E-state index contributed by atoms with van der Waals surface area (Å²) in [5.41, 5.74) is 2.97. The van der Waals surface area contributed by atoms with Crippen molar-refractivity contribution in [3.05, 3.63) is 74.8 Å². The summed E-state index contributed by atoms with van der Waals surface area (Å²) in [5.74, 6) is -0.496. The smallest absolute Gasteiger partial charge is 0.196 e. The molecule has 1 aliphatic carbocycles. The van der Waals surface area contributed by atoms with Crippen LogP contribution in [-0.4, -0.2) is 34.4 Å². The molecule has 6 rings (SSSR count). The molecule has 2 heterocycles. The van der Waals surface area contributed by atoms with Gasteiger partial charge in [-0.05, 0) is 43.7 Å². The largest absolute Gasteiger partial charge is 0.388 e. The van der Waals surface area contributed by atoms with E-state index < -0.39 is 11.6 Å². The van der Waals surface area contributed by atoms with Gasteiger partial charge in [-0.2, -0.15) is 0 Å². The molecule has 0 saturated carbocycles. The van der Waals surface area contributed by atoms with Crippen LogP contribution in [0.2, 0.25) is 5.02 Å². The summed E-state index contributed by atoms with van der Waals surface area (Å²) in [6, 6.07) is 11.2. The van der Waals surface area contributed by atoms with Gasteiger partial charge in [0.05, 0.1) is 39.6 Å². The number of anilines is 1. The van der Waals surface area contributed by atoms with E-state index in [1.54, 1.807) is 12.1 Å². The molecule has 5 nitrogen and oxygen atoms in total. The standard InChI is InChI=1S/C26H22ClNO4/c1-11-4-6-14-13(8-11)5-7-15-19(14)24(30)20-17(27)9-16-18-10-26(3,25(31)12(2)32-18)28-22(16)21(20)23(15)29/h4-9,12,18,25,28,31H,10H2,1-3H3/t12-,18-,25-,26-/m1/s1. The van der Waals surface area contributed by atoms with Crippen LogP contribution in [0.5, 0.6) is 0 Å². The van der Waals surface area contributed by atoms with E-state index in [4.69, 9.17) is 16.3 Å². The maximum absolute atomic E-state index is 13.8. The monoisotopic (exact) mass is 447 g/mol. The van der Waals surface area contributed by atoms with Gasteiger partial charge in [0.15, 0.2) is 11.6 Å². The Morgan fingerprint density at radius 1 is 1.09 bits per heavy atom. The molecule has 0 spiro atoms. The zero-order chi connectivity index (χ0) is 22.5. The number of hydrogen-bond donors (Lipinski definition) is 2. The number of ketones is 2. The molecular weight excluding hydrogens is 426 g/mol. The highest BCUT2D eigenvalue weighted by Gasteiger charge is 2.50. The van der Waals surface area contributed by atoms with Gasteiger partial charge in [0, 0.05) is 23.1 Å². The Kier molecular flexibility index (Phi) is 3.99. The molecule has 2 N–H and O–H groups in total. The van der Waals surface area contributed by atoms with Crippen LogP contribution >= 0.6 is 11.6 Å². The number of aliphatic hydroxyl groups excluding tert-OH is 1. The fourth-order valence-corrected chi connectivity index (χ4v) is 5.95. The Bertz CT molecular complexity index is 1380. The second-order valence-electron chi connectivity index (χ2n) is 9.46. The lowest BCUT2D eigenvalue weighted by Crippen LogP contribution is -2.59. The van der Waals surface area contributed by atoms with Crippen molar-refractivity contribution < 1.29 is 19.4 Å². The van der Waals surface area contributed by atoms with Crippen molar-refractivity contribution in [1.82, 2.24) is 0 Å². The van der Waals surface area contributed by atoms with Crippen LogP contribution in [0.1, 0.15) is 69.3 Å². The quantitative estimate of drug-likeness (QED) is 0.398. The number of hydrogen-bond acceptors (Lipinski definition) is 5. The van der Waals surface area contributed by atoms with Crippen LogP contribution in [0.4, 0.5) is 5.69 Å². The summed E-state index contributed by atoms with van der Waals surface area (Å²) < 4.78 is 6.06. The van der Waals surface area contributed by atoms with E-state index in [9.17, 15) is 14.7 Å². The van der Waals surface area contributed by atoms with E-state index in [0.717, 1.165) is 21.9 Å². The molecule has 0 aromatic heterocycles. The fourth-order valence-electron chi connectivity index (χ4n) is 5.65. The number of halogens is 1. The Morgan fingerprint density at radius 2 is 1.88 bits per heavy atom. The van der Waals surface area contributed by atoms with Gasteiger partial charge in [0.1, 0.15) is 6.10 Å². The summed E-state index contributed by atoms with van der Waals surface area (Å²) in [4.78, 5) is 27.6. The Labute approximate surface area is 190 Å². The second kappa shape index (κ2) is 6.41. The number of benzene rings is 3. The van der Waals surface area contributed by atoms with Crippen LogP contribution in [0.3, 0.4) is 0 Å². The molecule has 0 unspecified atom stereocenters. The van der Waals surface area contributed by atoms with Gasteiger partial charge in [0.2, 0.25) is 0 Å². The first kappa shape index (κ1) is 19.9. The van der Waals surface area contributed by atoms with Crippen molar-refractivity contribution in [2.24, 2.45) is 0 Å².